The highest BCUT2D eigenvalue weighted by Gasteiger charge is 2.17. The second-order valence-electron chi connectivity index (χ2n) is 4.78. The number of rotatable bonds is 3. The maximum Gasteiger partial charge on any atom is 0.0847 e. The summed E-state index contributed by atoms with van der Waals surface area (Å²) in [7, 11) is 1.88. The van der Waals surface area contributed by atoms with E-state index in [4.69, 9.17) is 28.9 Å². The standard InChI is InChI=1S/C14H17Cl2N3/c1-8-6-10(15)4-5-11(8)12(17)7-13-14(16)9(2)18-19(13)3/h4-6,12H,7,17H2,1-3H3. The molecular weight excluding hydrogens is 281 g/mol. The summed E-state index contributed by atoms with van der Waals surface area (Å²) >= 11 is 12.2. The lowest BCUT2D eigenvalue weighted by atomic mass is 9.98. The van der Waals surface area contributed by atoms with E-state index in [0.717, 1.165) is 27.5 Å². The lowest BCUT2D eigenvalue weighted by Crippen LogP contribution is -2.16. The van der Waals surface area contributed by atoms with Crippen LogP contribution in [0.2, 0.25) is 10.0 Å². The minimum atomic E-state index is -0.121. The molecule has 1 aromatic heterocycles. The molecule has 0 aliphatic heterocycles. The van der Waals surface area contributed by atoms with Crippen molar-refractivity contribution in [3.63, 3.8) is 0 Å². The predicted octanol–water partition coefficient (Wildman–Crippen LogP) is 3.59. The molecule has 0 saturated carbocycles. The largest absolute Gasteiger partial charge is 0.324 e. The summed E-state index contributed by atoms with van der Waals surface area (Å²) in [5, 5.41) is 5.73. The fourth-order valence-electron chi connectivity index (χ4n) is 2.28. The van der Waals surface area contributed by atoms with E-state index in [-0.39, 0.29) is 6.04 Å². The topological polar surface area (TPSA) is 43.8 Å². The maximum atomic E-state index is 6.28. The Hall–Kier alpha value is -1.03. The summed E-state index contributed by atoms with van der Waals surface area (Å²) in [4.78, 5) is 0. The lowest BCUT2D eigenvalue weighted by Gasteiger charge is -2.15. The van der Waals surface area contributed by atoms with Crippen molar-refractivity contribution in [1.29, 1.82) is 0 Å². The number of hydrogen-bond acceptors (Lipinski definition) is 2. The number of aryl methyl sites for hydroxylation is 3. The molecule has 0 fully saturated rings. The van der Waals surface area contributed by atoms with Gasteiger partial charge in [0, 0.05) is 24.5 Å². The summed E-state index contributed by atoms with van der Waals surface area (Å²) in [6, 6.07) is 5.64. The Bertz CT molecular complexity index is 605. The van der Waals surface area contributed by atoms with Crippen LogP contribution in [0.3, 0.4) is 0 Å². The van der Waals surface area contributed by atoms with Gasteiger partial charge in [-0.25, -0.2) is 0 Å². The third-order valence-corrected chi connectivity index (χ3v) is 4.03. The van der Waals surface area contributed by atoms with Gasteiger partial charge in [-0.15, -0.1) is 0 Å². The van der Waals surface area contributed by atoms with E-state index in [1.165, 1.54) is 0 Å². The van der Waals surface area contributed by atoms with Crippen molar-refractivity contribution in [1.82, 2.24) is 9.78 Å². The third-order valence-electron chi connectivity index (χ3n) is 3.31. The van der Waals surface area contributed by atoms with E-state index in [9.17, 15) is 0 Å². The fraction of sp³-hybridized carbons (Fsp3) is 0.357. The highest BCUT2D eigenvalue weighted by atomic mass is 35.5. The van der Waals surface area contributed by atoms with Crippen molar-refractivity contribution in [2.75, 3.05) is 0 Å². The van der Waals surface area contributed by atoms with Crippen LogP contribution < -0.4 is 5.73 Å². The van der Waals surface area contributed by atoms with Gasteiger partial charge in [-0.05, 0) is 37.1 Å². The summed E-state index contributed by atoms with van der Waals surface area (Å²) in [5.74, 6) is 0. The molecule has 0 radical (unpaired) electrons. The van der Waals surface area contributed by atoms with Gasteiger partial charge in [-0.2, -0.15) is 5.10 Å². The first-order valence-electron chi connectivity index (χ1n) is 6.09. The first kappa shape index (κ1) is 14.4. The van der Waals surface area contributed by atoms with Gasteiger partial charge in [0.05, 0.1) is 16.4 Å². The molecule has 3 nitrogen and oxygen atoms in total. The maximum absolute atomic E-state index is 6.28. The second kappa shape index (κ2) is 5.53. The molecule has 1 atom stereocenters. The zero-order valence-electron chi connectivity index (χ0n) is 11.2. The van der Waals surface area contributed by atoms with Gasteiger partial charge in [0.1, 0.15) is 0 Å². The average molecular weight is 298 g/mol. The SMILES string of the molecule is Cc1cc(Cl)ccc1C(N)Cc1c(Cl)c(C)nn1C. The first-order valence-corrected chi connectivity index (χ1v) is 6.85. The molecule has 1 unspecified atom stereocenters. The van der Waals surface area contributed by atoms with Gasteiger partial charge in [0.25, 0.3) is 0 Å². The van der Waals surface area contributed by atoms with Crippen LogP contribution in [0.4, 0.5) is 0 Å². The minimum Gasteiger partial charge on any atom is -0.324 e. The summed E-state index contributed by atoms with van der Waals surface area (Å²) in [6.07, 6.45) is 0.651. The van der Waals surface area contributed by atoms with Crippen LogP contribution in [-0.4, -0.2) is 9.78 Å². The fourth-order valence-corrected chi connectivity index (χ4v) is 2.74. The van der Waals surface area contributed by atoms with Crippen LogP contribution in [0.25, 0.3) is 0 Å². The van der Waals surface area contributed by atoms with Crippen molar-refractivity contribution in [3.8, 4) is 0 Å². The quantitative estimate of drug-likeness (QED) is 0.941. The van der Waals surface area contributed by atoms with Crippen molar-refractivity contribution < 1.29 is 0 Å². The number of nitrogens with two attached hydrogens (primary N) is 1. The highest BCUT2D eigenvalue weighted by Crippen LogP contribution is 2.26. The van der Waals surface area contributed by atoms with E-state index >= 15 is 0 Å². The number of halogens is 2. The van der Waals surface area contributed by atoms with E-state index in [1.54, 1.807) is 4.68 Å². The Kier molecular flexibility index (Phi) is 4.19. The van der Waals surface area contributed by atoms with E-state index < -0.39 is 0 Å². The summed E-state index contributed by atoms with van der Waals surface area (Å²) in [6.45, 7) is 3.90. The van der Waals surface area contributed by atoms with Crippen molar-refractivity contribution in [3.05, 3.63) is 50.8 Å². The van der Waals surface area contributed by atoms with E-state index in [2.05, 4.69) is 5.10 Å². The number of hydrogen-bond donors (Lipinski definition) is 1. The van der Waals surface area contributed by atoms with Gasteiger partial charge >= 0.3 is 0 Å². The molecule has 0 saturated heterocycles. The molecule has 0 aliphatic rings. The molecule has 0 bridgehead atoms. The summed E-state index contributed by atoms with van der Waals surface area (Å²) < 4.78 is 1.79. The summed E-state index contributed by atoms with van der Waals surface area (Å²) in [5.41, 5.74) is 10.2. The Balaban J connectivity index is 2.28. The zero-order valence-corrected chi connectivity index (χ0v) is 12.8. The minimum absolute atomic E-state index is 0.121. The Labute approximate surface area is 123 Å². The molecule has 1 heterocycles. The molecule has 0 amide bonds. The van der Waals surface area contributed by atoms with E-state index in [0.29, 0.717) is 11.4 Å². The van der Waals surface area contributed by atoms with Crippen molar-refractivity contribution >= 4 is 23.2 Å². The third kappa shape index (κ3) is 2.94. The van der Waals surface area contributed by atoms with Gasteiger partial charge in [0.15, 0.2) is 0 Å². The molecule has 2 rings (SSSR count). The van der Waals surface area contributed by atoms with Gasteiger partial charge < -0.3 is 5.73 Å². The van der Waals surface area contributed by atoms with Crippen molar-refractivity contribution in [2.45, 2.75) is 26.3 Å². The van der Waals surface area contributed by atoms with Crippen LogP contribution in [0.5, 0.6) is 0 Å². The van der Waals surface area contributed by atoms with Crippen LogP contribution in [0.15, 0.2) is 18.2 Å². The number of aromatic nitrogens is 2. The predicted molar refractivity (Wildman–Crippen MR) is 79.8 cm³/mol. The van der Waals surface area contributed by atoms with E-state index in [1.807, 2.05) is 39.1 Å². The average Bonchev–Trinajstić information content (AvgIpc) is 2.56. The number of benzene rings is 1. The highest BCUT2D eigenvalue weighted by molar-refractivity contribution is 6.31. The van der Waals surface area contributed by atoms with Crippen LogP contribution in [0, 0.1) is 13.8 Å². The number of nitrogens with zero attached hydrogens (tertiary/aromatic N) is 2. The van der Waals surface area contributed by atoms with Crippen LogP contribution in [0.1, 0.15) is 28.6 Å². The second-order valence-corrected chi connectivity index (χ2v) is 5.60. The van der Waals surface area contributed by atoms with Crippen LogP contribution >= 0.6 is 23.2 Å². The van der Waals surface area contributed by atoms with Gasteiger partial charge in [-0.1, -0.05) is 29.3 Å². The Morgan fingerprint density at radius 3 is 2.53 bits per heavy atom. The normalized spacial score (nSPS) is 12.7. The molecule has 19 heavy (non-hydrogen) atoms. The molecule has 1 aromatic carbocycles. The molecule has 102 valence electrons. The monoisotopic (exact) mass is 297 g/mol. The molecule has 0 spiro atoms. The molecule has 2 aromatic rings. The van der Waals surface area contributed by atoms with Crippen molar-refractivity contribution in [2.24, 2.45) is 12.8 Å². The first-order chi connectivity index (χ1) is 8.90. The molecular formula is C14H17Cl2N3. The van der Waals surface area contributed by atoms with Gasteiger partial charge in [0.2, 0.25) is 0 Å². The van der Waals surface area contributed by atoms with Crippen LogP contribution in [-0.2, 0) is 13.5 Å². The Morgan fingerprint density at radius 2 is 2.00 bits per heavy atom. The Morgan fingerprint density at radius 1 is 1.32 bits per heavy atom. The zero-order chi connectivity index (χ0) is 14.2. The molecule has 2 N–H and O–H groups in total. The van der Waals surface area contributed by atoms with Gasteiger partial charge in [-0.3, -0.25) is 4.68 Å². The molecule has 5 heteroatoms. The smallest absolute Gasteiger partial charge is 0.0847 e. The lowest BCUT2D eigenvalue weighted by molar-refractivity contribution is 0.638. The molecule has 0 aliphatic carbocycles.